The molecule has 1 aromatic carbocycles. The maximum absolute atomic E-state index is 11.5. The summed E-state index contributed by atoms with van der Waals surface area (Å²) in [4.78, 5) is 23.5. The minimum Gasteiger partial charge on any atom is -0.497 e. The van der Waals surface area contributed by atoms with Crippen LogP contribution >= 0.6 is 0 Å². The SMILES string of the molecule is COc1cccc(CN2C[C@H](C(=O)O)OC2=O)c1. The molecule has 96 valence electrons. The van der Waals surface area contributed by atoms with Crippen LogP contribution in [0.3, 0.4) is 0 Å². The Morgan fingerprint density at radius 3 is 3.00 bits per heavy atom. The molecule has 0 radical (unpaired) electrons. The average Bonchev–Trinajstić information content (AvgIpc) is 2.71. The predicted molar refractivity (Wildman–Crippen MR) is 61.3 cm³/mol. The molecule has 1 amide bonds. The number of carboxylic acids is 1. The van der Waals surface area contributed by atoms with E-state index in [2.05, 4.69) is 0 Å². The highest BCUT2D eigenvalue weighted by atomic mass is 16.6. The lowest BCUT2D eigenvalue weighted by molar-refractivity contribution is -0.144. The zero-order valence-corrected chi connectivity index (χ0v) is 9.83. The number of carbonyl (C=O) groups excluding carboxylic acids is 1. The summed E-state index contributed by atoms with van der Waals surface area (Å²) in [6, 6.07) is 7.24. The fraction of sp³-hybridized carbons (Fsp3) is 0.333. The molecule has 0 spiro atoms. The molecule has 1 aromatic rings. The van der Waals surface area contributed by atoms with Gasteiger partial charge in [-0.05, 0) is 17.7 Å². The van der Waals surface area contributed by atoms with Crippen molar-refractivity contribution in [1.82, 2.24) is 4.90 Å². The fourth-order valence-corrected chi connectivity index (χ4v) is 1.76. The van der Waals surface area contributed by atoms with Crippen molar-refractivity contribution in [2.75, 3.05) is 13.7 Å². The minimum absolute atomic E-state index is 0.0609. The van der Waals surface area contributed by atoms with Crippen LogP contribution in [0.1, 0.15) is 5.56 Å². The summed E-state index contributed by atoms with van der Waals surface area (Å²) in [5.41, 5.74) is 0.859. The molecule has 1 atom stereocenters. The van der Waals surface area contributed by atoms with Crippen LogP contribution in [-0.2, 0) is 16.1 Å². The van der Waals surface area contributed by atoms with Gasteiger partial charge < -0.3 is 14.6 Å². The van der Waals surface area contributed by atoms with E-state index in [0.717, 1.165) is 5.56 Å². The van der Waals surface area contributed by atoms with Crippen LogP contribution in [0.5, 0.6) is 5.75 Å². The summed E-state index contributed by atoms with van der Waals surface area (Å²) in [5.74, 6) is -0.439. The van der Waals surface area contributed by atoms with Gasteiger partial charge in [0.2, 0.25) is 6.10 Å². The van der Waals surface area contributed by atoms with E-state index in [0.29, 0.717) is 12.3 Å². The molecule has 2 rings (SSSR count). The number of methoxy groups -OCH3 is 1. The average molecular weight is 251 g/mol. The summed E-state index contributed by atoms with van der Waals surface area (Å²) in [6.45, 7) is 0.366. The van der Waals surface area contributed by atoms with Gasteiger partial charge in [-0.3, -0.25) is 4.90 Å². The van der Waals surface area contributed by atoms with Crippen LogP contribution < -0.4 is 4.74 Å². The minimum atomic E-state index is -1.13. The van der Waals surface area contributed by atoms with E-state index in [1.165, 1.54) is 4.90 Å². The molecule has 1 heterocycles. The predicted octanol–water partition coefficient (Wildman–Crippen LogP) is 1.10. The maximum Gasteiger partial charge on any atom is 0.411 e. The van der Waals surface area contributed by atoms with E-state index in [1.807, 2.05) is 12.1 Å². The van der Waals surface area contributed by atoms with Crippen molar-refractivity contribution >= 4 is 12.1 Å². The zero-order chi connectivity index (χ0) is 13.1. The molecular weight excluding hydrogens is 238 g/mol. The lowest BCUT2D eigenvalue weighted by Gasteiger charge is -2.13. The van der Waals surface area contributed by atoms with Crippen LogP contribution in [0, 0.1) is 0 Å². The lowest BCUT2D eigenvalue weighted by Crippen LogP contribution is -2.27. The van der Waals surface area contributed by atoms with Crippen LogP contribution in [0.25, 0.3) is 0 Å². The molecule has 0 bridgehead atoms. The van der Waals surface area contributed by atoms with Crippen LogP contribution in [-0.4, -0.2) is 41.8 Å². The summed E-state index contributed by atoms with van der Waals surface area (Å²) in [7, 11) is 1.56. The van der Waals surface area contributed by atoms with Gasteiger partial charge >= 0.3 is 12.1 Å². The van der Waals surface area contributed by atoms with E-state index in [1.54, 1.807) is 19.2 Å². The van der Waals surface area contributed by atoms with Crippen molar-refractivity contribution < 1.29 is 24.2 Å². The molecule has 1 saturated heterocycles. The molecule has 18 heavy (non-hydrogen) atoms. The molecule has 0 aliphatic carbocycles. The molecule has 6 heteroatoms. The Kier molecular flexibility index (Phi) is 3.36. The molecular formula is C12H13NO5. The van der Waals surface area contributed by atoms with Crippen molar-refractivity contribution in [3.8, 4) is 5.75 Å². The van der Waals surface area contributed by atoms with E-state index < -0.39 is 18.2 Å². The smallest absolute Gasteiger partial charge is 0.411 e. The van der Waals surface area contributed by atoms with E-state index in [4.69, 9.17) is 14.6 Å². The number of hydrogen-bond donors (Lipinski definition) is 1. The van der Waals surface area contributed by atoms with Crippen molar-refractivity contribution in [1.29, 1.82) is 0 Å². The molecule has 1 aliphatic rings. The maximum atomic E-state index is 11.5. The molecule has 0 aromatic heterocycles. The second kappa shape index (κ2) is 4.95. The molecule has 1 fully saturated rings. The lowest BCUT2D eigenvalue weighted by atomic mass is 10.2. The topological polar surface area (TPSA) is 76.1 Å². The summed E-state index contributed by atoms with van der Waals surface area (Å²) in [6.07, 6.45) is -1.69. The third-order valence-electron chi connectivity index (χ3n) is 2.67. The van der Waals surface area contributed by atoms with Gasteiger partial charge in [0.15, 0.2) is 0 Å². The number of benzene rings is 1. The van der Waals surface area contributed by atoms with Gasteiger partial charge in [0.05, 0.1) is 13.7 Å². The first-order chi connectivity index (χ1) is 8.60. The van der Waals surface area contributed by atoms with Gasteiger partial charge in [0, 0.05) is 6.54 Å². The highest BCUT2D eigenvalue weighted by Gasteiger charge is 2.35. The van der Waals surface area contributed by atoms with Gasteiger partial charge in [-0.2, -0.15) is 0 Å². The summed E-state index contributed by atoms with van der Waals surface area (Å²) < 4.78 is 9.80. The quantitative estimate of drug-likeness (QED) is 0.867. The number of hydrogen-bond acceptors (Lipinski definition) is 4. The van der Waals surface area contributed by atoms with E-state index in [-0.39, 0.29) is 6.54 Å². The Balaban J connectivity index is 2.05. The second-order valence-electron chi connectivity index (χ2n) is 3.94. The standard InChI is InChI=1S/C12H13NO5/c1-17-9-4-2-3-8(5-9)6-13-7-10(11(14)15)18-12(13)16/h2-5,10H,6-7H2,1H3,(H,14,15)/t10-/m1/s1. The number of carbonyl (C=O) groups is 2. The number of cyclic esters (lactones) is 1. The monoisotopic (exact) mass is 251 g/mol. The third-order valence-corrected chi connectivity index (χ3v) is 2.67. The molecule has 1 N–H and O–H groups in total. The molecule has 6 nitrogen and oxygen atoms in total. The number of rotatable bonds is 4. The largest absolute Gasteiger partial charge is 0.497 e. The number of amides is 1. The summed E-state index contributed by atoms with van der Waals surface area (Å²) >= 11 is 0. The van der Waals surface area contributed by atoms with Crippen LogP contribution in [0.2, 0.25) is 0 Å². The number of ether oxygens (including phenoxy) is 2. The normalized spacial score (nSPS) is 18.6. The number of aliphatic carboxylic acids is 1. The first kappa shape index (κ1) is 12.2. The number of carboxylic acid groups (broad SMARTS) is 1. The Hall–Kier alpha value is -2.24. The van der Waals surface area contributed by atoms with Gasteiger partial charge in [0.1, 0.15) is 5.75 Å². The summed E-state index contributed by atoms with van der Waals surface area (Å²) in [5, 5.41) is 8.77. The van der Waals surface area contributed by atoms with Gasteiger partial charge in [0.25, 0.3) is 0 Å². The van der Waals surface area contributed by atoms with Gasteiger partial charge in [-0.25, -0.2) is 9.59 Å². The van der Waals surface area contributed by atoms with Crippen molar-refractivity contribution in [2.45, 2.75) is 12.6 Å². The Morgan fingerprint density at radius 1 is 1.61 bits per heavy atom. The Labute approximate surface area is 104 Å². The van der Waals surface area contributed by atoms with Gasteiger partial charge in [-0.1, -0.05) is 12.1 Å². The Morgan fingerprint density at radius 2 is 2.39 bits per heavy atom. The van der Waals surface area contributed by atoms with Crippen molar-refractivity contribution in [2.24, 2.45) is 0 Å². The highest BCUT2D eigenvalue weighted by Crippen LogP contribution is 2.18. The Bertz CT molecular complexity index is 473. The molecule has 1 aliphatic heterocycles. The van der Waals surface area contributed by atoms with Crippen LogP contribution in [0.15, 0.2) is 24.3 Å². The highest BCUT2D eigenvalue weighted by molar-refractivity contribution is 5.81. The third kappa shape index (κ3) is 2.53. The number of nitrogens with zero attached hydrogens (tertiary/aromatic N) is 1. The van der Waals surface area contributed by atoms with Crippen molar-refractivity contribution in [3.63, 3.8) is 0 Å². The first-order valence-corrected chi connectivity index (χ1v) is 5.41. The molecule has 0 saturated carbocycles. The fourth-order valence-electron chi connectivity index (χ4n) is 1.76. The van der Waals surface area contributed by atoms with Gasteiger partial charge in [-0.15, -0.1) is 0 Å². The zero-order valence-electron chi connectivity index (χ0n) is 9.83. The first-order valence-electron chi connectivity index (χ1n) is 5.41. The van der Waals surface area contributed by atoms with Crippen LogP contribution in [0.4, 0.5) is 4.79 Å². The molecule has 0 unspecified atom stereocenters. The van der Waals surface area contributed by atoms with E-state index in [9.17, 15) is 9.59 Å². The van der Waals surface area contributed by atoms with Crippen molar-refractivity contribution in [3.05, 3.63) is 29.8 Å². The second-order valence-corrected chi connectivity index (χ2v) is 3.94. The van der Waals surface area contributed by atoms with E-state index >= 15 is 0 Å².